The maximum Gasteiger partial charge on any atom is 0.348 e. The van der Waals surface area contributed by atoms with Crippen molar-refractivity contribution in [2.45, 2.75) is 39.0 Å². The van der Waals surface area contributed by atoms with Gasteiger partial charge in [-0.2, -0.15) is 5.48 Å². The molecule has 0 fully saturated rings. The van der Waals surface area contributed by atoms with Crippen molar-refractivity contribution in [1.82, 2.24) is 5.48 Å². The van der Waals surface area contributed by atoms with Crippen molar-refractivity contribution in [3.05, 3.63) is 12.7 Å². The minimum atomic E-state index is -0.423. The zero-order valence-electron chi connectivity index (χ0n) is 8.34. The highest BCUT2D eigenvalue weighted by molar-refractivity contribution is 5.80. The molecule has 13 heavy (non-hydrogen) atoms. The van der Waals surface area contributed by atoms with E-state index in [9.17, 15) is 4.79 Å². The second-order valence-electron chi connectivity index (χ2n) is 2.93. The number of nitrogens with one attached hydrogen (secondary N) is 1. The van der Waals surface area contributed by atoms with Crippen LogP contribution in [0, 0.1) is 0 Å². The van der Waals surface area contributed by atoms with Crippen LogP contribution in [0.15, 0.2) is 12.7 Å². The van der Waals surface area contributed by atoms with Crippen LogP contribution < -0.4 is 5.48 Å². The molecule has 0 saturated carbocycles. The van der Waals surface area contributed by atoms with E-state index in [0.717, 1.165) is 19.0 Å². The zero-order valence-corrected chi connectivity index (χ0v) is 8.34. The number of carbonyl (C=O) groups is 1. The van der Waals surface area contributed by atoms with E-state index < -0.39 is 5.97 Å². The summed E-state index contributed by atoms with van der Waals surface area (Å²) in [6, 6.07) is 0. The van der Waals surface area contributed by atoms with Crippen LogP contribution in [-0.2, 0) is 9.63 Å². The highest BCUT2D eigenvalue weighted by Gasteiger charge is 1.93. The fraction of sp³-hybridized carbons (Fsp3) is 0.700. The summed E-state index contributed by atoms with van der Waals surface area (Å²) >= 11 is 0. The lowest BCUT2D eigenvalue weighted by atomic mass is 10.2. The summed E-state index contributed by atoms with van der Waals surface area (Å²) in [6.07, 6.45) is 7.17. The Kier molecular flexibility index (Phi) is 8.67. The summed E-state index contributed by atoms with van der Waals surface area (Å²) < 4.78 is 0. The highest BCUT2D eigenvalue weighted by atomic mass is 16.7. The molecule has 0 bridgehead atoms. The predicted molar refractivity (Wildman–Crippen MR) is 53.1 cm³/mol. The summed E-state index contributed by atoms with van der Waals surface area (Å²) in [4.78, 5) is 15.1. The van der Waals surface area contributed by atoms with Crippen molar-refractivity contribution in [1.29, 1.82) is 0 Å². The topological polar surface area (TPSA) is 38.3 Å². The van der Waals surface area contributed by atoms with E-state index in [1.165, 1.54) is 25.7 Å². The van der Waals surface area contributed by atoms with Gasteiger partial charge in [0.1, 0.15) is 0 Å². The molecule has 0 aromatic heterocycles. The second-order valence-corrected chi connectivity index (χ2v) is 2.93. The smallest absolute Gasteiger partial charge is 0.348 e. The van der Waals surface area contributed by atoms with Crippen molar-refractivity contribution in [2.24, 2.45) is 0 Å². The molecule has 0 atom stereocenters. The van der Waals surface area contributed by atoms with Crippen molar-refractivity contribution >= 4 is 5.97 Å². The summed E-state index contributed by atoms with van der Waals surface area (Å²) in [5.41, 5.74) is 2.59. The van der Waals surface area contributed by atoms with Crippen LogP contribution in [0.25, 0.3) is 0 Å². The number of rotatable bonds is 8. The molecule has 0 rings (SSSR count). The SMILES string of the molecule is C=CC(=O)ONCCCCCCC. The van der Waals surface area contributed by atoms with Gasteiger partial charge in [0.05, 0.1) is 0 Å². The first kappa shape index (κ1) is 12.2. The standard InChI is InChI=1S/C10H19NO2/c1-3-5-6-7-8-9-11-13-10(12)4-2/h4,11H,2-3,5-9H2,1H3. The van der Waals surface area contributed by atoms with Crippen LogP contribution in [-0.4, -0.2) is 12.5 Å². The van der Waals surface area contributed by atoms with Crippen LogP contribution in [0.1, 0.15) is 39.0 Å². The van der Waals surface area contributed by atoms with Gasteiger partial charge in [-0.3, -0.25) is 0 Å². The second kappa shape index (κ2) is 9.26. The van der Waals surface area contributed by atoms with Crippen LogP contribution in [0.4, 0.5) is 0 Å². The first-order chi connectivity index (χ1) is 6.31. The van der Waals surface area contributed by atoms with Gasteiger partial charge in [-0.1, -0.05) is 39.2 Å². The Bertz CT molecular complexity index is 146. The molecule has 1 N–H and O–H groups in total. The van der Waals surface area contributed by atoms with Crippen LogP contribution in [0.3, 0.4) is 0 Å². The molecule has 3 heteroatoms. The molecule has 0 heterocycles. The first-order valence-electron chi connectivity index (χ1n) is 4.87. The number of carbonyl (C=O) groups excluding carboxylic acids is 1. The molecule has 0 amide bonds. The lowest BCUT2D eigenvalue weighted by Crippen LogP contribution is -2.19. The molecule has 76 valence electrons. The molecule has 0 saturated heterocycles. The Hall–Kier alpha value is -0.830. The number of hydrogen-bond acceptors (Lipinski definition) is 3. The largest absolute Gasteiger partial charge is 0.367 e. The van der Waals surface area contributed by atoms with Gasteiger partial charge >= 0.3 is 5.97 Å². The Balaban J connectivity index is 2.99. The van der Waals surface area contributed by atoms with Crippen molar-refractivity contribution in [3.63, 3.8) is 0 Å². The normalized spacial score (nSPS) is 9.62. The lowest BCUT2D eigenvalue weighted by molar-refractivity contribution is -0.144. The van der Waals surface area contributed by atoms with E-state index in [-0.39, 0.29) is 0 Å². The third kappa shape index (κ3) is 9.08. The average Bonchev–Trinajstić information content (AvgIpc) is 2.16. The number of hydrogen-bond donors (Lipinski definition) is 1. The van der Waals surface area contributed by atoms with Gasteiger partial charge in [0.15, 0.2) is 0 Å². The van der Waals surface area contributed by atoms with Gasteiger partial charge in [-0.25, -0.2) is 4.79 Å². The molecule has 0 aliphatic carbocycles. The molecular weight excluding hydrogens is 166 g/mol. The van der Waals surface area contributed by atoms with Gasteiger partial charge < -0.3 is 4.84 Å². The fourth-order valence-electron chi connectivity index (χ4n) is 0.965. The first-order valence-corrected chi connectivity index (χ1v) is 4.87. The average molecular weight is 185 g/mol. The van der Waals surface area contributed by atoms with Gasteiger partial charge in [-0.05, 0) is 6.42 Å². The van der Waals surface area contributed by atoms with E-state index in [1.807, 2.05) is 0 Å². The van der Waals surface area contributed by atoms with E-state index >= 15 is 0 Å². The third-order valence-corrected chi connectivity index (χ3v) is 1.72. The Morgan fingerprint density at radius 3 is 2.69 bits per heavy atom. The number of unbranched alkanes of at least 4 members (excludes halogenated alkanes) is 4. The Labute approximate surface area is 80.1 Å². The fourth-order valence-corrected chi connectivity index (χ4v) is 0.965. The van der Waals surface area contributed by atoms with E-state index in [4.69, 9.17) is 0 Å². The minimum absolute atomic E-state index is 0.423. The van der Waals surface area contributed by atoms with Crippen molar-refractivity contribution in [3.8, 4) is 0 Å². The van der Waals surface area contributed by atoms with Crippen LogP contribution >= 0.6 is 0 Å². The van der Waals surface area contributed by atoms with E-state index in [1.54, 1.807) is 0 Å². The number of hydroxylamine groups is 1. The van der Waals surface area contributed by atoms with Gasteiger partial charge in [0.2, 0.25) is 0 Å². The molecule has 0 spiro atoms. The summed E-state index contributed by atoms with van der Waals surface area (Å²) in [5.74, 6) is -0.423. The molecule has 0 aliphatic rings. The van der Waals surface area contributed by atoms with E-state index in [2.05, 4.69) is 23.8 Å². The highest BCUT2D eigenvalue weighted by Crippen LogP contribution is 2.00. The summed E-state index contributed by atoms with van der Waals surface area (Å²) in [7, 11) is 0. The molecule has 3 nitrogen and oxygen atoms in total. The molecule has 0 unspecified atom stereocenters. The minimum Gasteiger partial charge on any atom is -0.367 e. The maximum atomic E-state index is 10.5. The molecule has 0 aromatic carbocycles. The predicted octanol–water partition coefficient (Wildman–Crippen LogP) is 2.19. The Morgan fingerprint density at radius 1 is 1.38 bits per heavy atom. The summed E-state index contributed by atoms with van der Waals surface area (Å²) in [6.45, 7) is 6.20. The molecule has 0 aromatic rings. The monoisotopic (exact) mass is 185 g/mol. The Morgan fingerprint density at radius 2 is 2.08 bits per heavy atom. The lowest BCUT2D eigenvalue weighted by Gasteiger charge is -2.02. The van der Waals surface area contributed by atoms with E-state index in [0.29, 0.717) is 0 Å². The van der Waals surface area contributed by atoms with Gasteiger partial charge in [-0.15, -0.1) is 0 Å². The quantitative estimate of drug-likeness (QED) is 0.358. The molecular formula is C10H19NO2. The van der Waals surface area contributed by atoms with Crippen LogP contribution in [0.5, 0.6) is 0 Å². The summed E-state index contributed by atoms with van der Waals surface area (Å²) in [5, 5.41) is 0. The van der Waals surface area contributed by atoms with Crippen molar-refractivity contribution in [2.75, 3.05) is 6.54 Å². The maximum absolute atomic E-state index is 10.5. The third-order valence-electron chi connectivity index (χ3n) is 1.72. The molecule has 0 radical (unpaired) electrons. The van der Waals surface area contributed by atoms with Gasteiger partial charge in [0.25, 0.3) is 0 Å². The van der Waals surface area contributed by atoms with Crippen molar-refractivity contribution < 1.29 is 9.63 Å². The molecule has 0 aliphatic heterocycles. The zero-order chi connectivity index (χ0) is 9.94. The van der Waals surface area contributed by atoms with Crippen LogP contribution in [0.2, 0.25) is 0 Å². The van der Waals surface area contributed by atoms with Gasteiger partial charge in [0, 0.05) is 12.6 Å².